The molecule has 0 bridgehead atoms. The number of hydrogen-bond acceptors (Lipinski definition) is 3. The molecule has 0 aliphatic rings. The lowest BCUT2D eigenvalue weighted by molar-refractivity contribution is 0.608. The minimum atomic E-state index is -3.56. The molecular formula is C7H7Cl2NO2S. The third kappa shape index (κ3) is 3.93. The van der Waals surface area contributed by atoms with Crippen LogP contribution in [0.5, 0.6) is 0 Å². The van der Waals surface area contributed by atoms with Crippen LogP contribution in [-0.4, -0.2) is 19.2 Å². The number of hydrogen-bond donors (Lipinski definition) is 0. The molecule has 0 amide bonds. The number of nitrogens with zero attached hydrogens (tertiary/aromatic N) is 1. The molecule has 0 aliphatic heterocycles. The SMILES string of the molecule is O=S(=O)(Cl)CC(Cl)c1cccnc1. The molecule has 0 saturated carbocycles. The lowest BCUT2D eigenvalue weighted by Gasteiger charge is -2.05. The number of aromatic nitrogens is 1. The van der Waals surface area contributed by atoms with Gasteiger partial charge in [0.05, 0.1) is 11.1 Å². The summed E-state index contributed by atoms with van der Waals surface area (Å²) in [5.74, 6) is -0.290. The van der Waals surface area contributed by atoms with Gasteiger partial charge in [0.1, 0.15) is 0 Å². The maximum absolute atomic E-state index is 10.7. The smallest absolute Gasteiger partial charge is 0.234 e. The zero-order valence-electron chi connectivity index (χ0n) is 6.52. The Bertz CT molecular complexity index is 365. The van der Waals surface area contributed by atoms with Crippen molar-refractivity contribution >= 4 is 31.3 Å². The predicted molar refractivity (Wildman–Crippen MR) is 52.5 cm³/mol. The summed E-state index contributed by atoms with van der Waals surface area (Å²) in [6.45, 7) is 0. The van der Waals surface area contributed by atoms with E-state index in [1.54, 1.807) is 18.3 Å². The number of pyridine rings is 1. The summed E-state index contributed by atoms with van der Waals surface area (Å²) in [7, 11) is 1.49. The van der Waals surface area contributed by atoms with Crippen LogP contribution in [0.2, 0.25) is 0 Å². The molecule has 0 aromatic carbocycles. The van der Waals surface area contributed by atoms with Crippen molar-refractivity contribution in [2.75, 3.05) is 5.75 Å². The van der Waals surface area contributed by atoms with E-state index in [-0.39, 0.29) is 5.75 Å². The van der Waals surface area contributed by atoms with E-state index in [1.807, 2.05) is 0 Å². The van der Waals surface area contributed by atoms with Crippen molar-refractivity contribution in [3.63, 3.8) is 0 Å². The van der Waals surface area contributed by atoms with Crippen molar-refractivity contribution in [1.29, 1.82) is 0 Å². The molecule has 1 unspecified atom stereocenters. The van der Waals surface area contributed by atoms with E-state index < -0.39 is 14.4 Å². The summed E-state index contributed by atoms with van der Waals surface area (Å²) in [6.07, 6.45) is 3.10. The molecular weight excluding hydrogens is 233 g/mol. The van der Waals surface area contributed by atoms with E-state index in [9.17, 15) is 8.42 Å². The molecule has 13 heavy (non-hydrogen) atoms. The molecule has 0 radical (unpaired) electrons. The van der Waals surface area contributed by atoms with Gasteiger partial charge in [-0.25, -0.2) is 8.42 Å². The van der Waals surface area contributed by atoms with Crippen LogP contribution >= 0.6 is 22.3 Å². The maximum atomic E-state index is 10.7. The van der Waals surface area contributed by atoms with E-state index in [0.29, 0.717) is 5.56 Å². The van der Waals surface area contributed by atoms with E-state index in [2.05, 4.69) is 4.98 Å². The van der Waals surface area contributed by atoms with Gasteiger partial charge >= 0.3 is 0 Å². The minimum absolute atomic E-state index is 0.290. The molecule has 0 aliphatic carbocycles. The van der Waals surface area contributed by atoms with Crippen LogP contribution in [0, 0.1) is 0 Å². The van der Waals surface area contributed by atoms with Gasteiger partial charge in [-0.05, 0) is 11.6 Å². The van der Waals surface area contributed by atoms with Crippen molar-refractivity contribution < 1.29 is 8.42 Å². The van der Waals surface area contributed by atoms with E-state index >= 15 is 0 Å². The van der Waals surface area contributed by atoms with Crippen LogP contribution < -0.4 is 0 Å². The molecule has 6 heteroatoms. The Hall–Kier alpha value is -0.320. The van der Waals surface area contributed by atoms with Gasteiger partial charge in [0.25, 0.3) is 0 Å². The van der Waals surface area contributed by atoms with Gasteiger partial charge in [-0.2, -0.15) is 0 Å². The first kappa shape index (κ1) is 10.8. The van der Waals surface area contributed by atoms with Gasteiger partial charge in [-0.1, -0.05) is 6.07 Å². The Morgan fingerprint density at radius 1 is 1.54 bits per heavy atom. The van der Waals surface area contributed by atoms with Crippen molar-refractivity contribution in [3.05, 3.63) is 30.1 Å². The summed E-state index contributed by atoms with van der Waals surface area (Å²) in [6, 6.07) is 3.39. The first-order valence-corrected chi connectivity index (χ1v) is 6.37. The Balaban J connectivity index is 2.76. The Morgan fingerprint density at radius 2 is 2.23 bits per heavy atom. The van der Waals surface area contributed by atoms with Crippen LogP contribution in [0.3, 0.4) is 0 Å². The molecule has 1 atom stereocenters. The van der Waals surface area contributed by atoms with Gasteiger partial charge in [0, 0.05) is 23.1 Å². The molecule has 1 rings (SSSR count). The summed E-state index contributed by atoms with van der Waals surface area (Å²) in [4.78, 5) is 3.81. The molecule has 1 aromatic heterocycles. The highest BCUT2D eigenvalue weighted by molar-refractivity contribution is 8.13. The van der Waals surface area contributed by atoms with Crippen molar-refractivity contribution in [1.82, 2.24) is 4.98 Å². The van der Waals surface area contributed by atoms with Crippen LogP contribution in [0.25, 0.3) is 0 Å². The van der Waals surface area contributed by atoms with E-state index in [0.717, 1.165) is 0 Å². The van der Waals surface area contributed by atoms with E-state index in [1.165, 1.54) is 6.20 Å². The molecule has 1 heterocycles. The van der Waals surface area contributed by atoms with E-state index in [4.69, 9.17) is 22.3 Å². The zero-order chi connectivity index (χ0) is 9.90. The second-order valence-corrected chi connectivity index (χ2v) is 5.81. The number of halogens is 2. The average molecular weight is 240 g/mol. The van der Waals surface area contributed by atoms with Crippen LogP contribution in [0.15, 0.2) is 24.5 Å². The van der Waals surface area contributed by atoms with Gasteiger partial charge in [-0.3, -0.25) is 4.98 Å². The Morgan fingerprint density at radius 3 is 2.69 bits per heavy atom. The highest BCUT2D eigenvalue weighted by atomic mass is 35.7. The molecule has 72 valence electrons. The average Bonchev–Trinajstić information content (AvgIpc) is 2.03. The lowest BCUT2D eigenvalue weighted by atomic mass is 10.2. The van der Waals surface area contributed by atoms with Crippen LogP contribution in [0.1, 0.15) is 10.9 Å². The van der Waals surface area contributed by atoms with Gasteiger partial charge in [0.15, 0.2) is 0 Å². The van der Waals surface area contributed by atoms with Crippen LogP contribution in [0.4, 0.5) is 0 Å². The summed E-state index contributed by atoms with van der Waals surface area (Å²) in [5.41, 5.74) is 0.647. The van der Waals surface area contributed by atoms with Crippen molar-refractivity contribution in [2.24, 2.45) is 0 Å². The second-order valence-electron chi connectivity index (χ2n) is 2.46. The lowest BCUT2D eigenvalue weighted by Crippen LogP contribution is -2.04. The molecule has 0 spiro atoms. The fraction of sp³-hybridized carbons (Fsp3) is 0.286. The summed E-state index contributed by atoms with van der Waals surface area (Å²) >= 11 is 5.79. The maximum Gasteiger partial charge on any atom is 0.234 e. The van der Waals surface area contributed by atoms with Crippen molar-refractivity contribution in [3.8, 4) is 0 Å². The highest BCUT2D eigenvalue weighted by Crippen LogP contribution is 2.22. The summed E-state index contributed by atoms with van der Waals surface area (Å²) in [5, 5.41) is -0.642. The fourth-order valence-electron chi connectivity index (χ4n) is 0.832. The molecule has 0 saturated heterocycles. The molecule has 1 aromatic rings. The quantitative estimate of drug-likeness (QED) is 0.599. The second kappa shape index (κ2) is 4.26. The number of rotatable bonds is 3. The Labute approximate surface area is 86.1 Å². The fourth-order valence-corrected chi connectivity index (χ4v) is 2.57. The molecule has 0 N–H and O–H groups in total. The van der Waals surface area contributed by atoms with Crippen molar-refractivity contribution in [2.45, 2.75) is 5.38 Å². The topological polar surface area (TPSA) is 47.0 Å². The third-order valence-electron chi connectivity index (χ3n) is 1.39. The van der Waals surface area contributed by atoms with Gasteiger partial charge in [0.2, 0.25) is 9.05 Å². The van der Waals surface area contributed by atoms with Crippen LogP contribution in [-0.2, 0) is 9.05 Å². The largest absolute Gasteiger partial charge is 0.264 e. The highest BCUT2D eigenvalue weighted by Gasteiger charge is 2.16. The van der Waals surface area contributed by atoms with Gasteiger partial charge in [-0.15, -0.1) is 11.6 Å². The monoisotopic (exact) mass is 239 g/mol. The molecule has 3 nitrogen and oxygen atoms in total. The van der Waals surface area contributed by atoms with Gasteiger partial charge < -0.3 is 0 Å². The standard InChI is InChI=1S/C7H7Cl2NO2S/c8-7(5-13(9,11)12)6-2-1-3-10-4-6/h1-4,7H,5H2. The molecule has 0 fully saturated rings. The predicted octanol–water partition coefficient (Wildman–Crippen LogP) is 1.93. The third-order valence-corrected chi connectivity index (χ3v) is 3.09. The minimum Gasteiger partial charge on any atom is -0.264 e. The number of alkyl halides is 1. The first-order valence-electron chi connectivity index (χ1n) is 3.45. The summed E-state index contributed by atoms with van der Waals surface area (Å²) < 4.78 is 21.4. The normalized spacial score (nSPS) is 14.0. The zero-order valence-corrected chi connectivity index (χ0v) is 8.85. The Kier molecular flexibility index (Phi) is 3.53. The first-order chi connectivity index (χ1) is 5.99.